The van der Waals surface area contributed by atoms with Gasteiger partial charge in [0.1, 0.15) is 6.54 Å². The van der Waals surface area contributed by atoms with Crippen LogP contribution in [0.3, 0.4) is 0 Å². The molecule has 0 unspecified atom stereocenters. The fourth-order valence-corrected chi connectivity index (χ4v) is 3.21. The highest BCUT2D eigenvalue weighted by Gasteiger charge is 2.22. The molecule has 2 rings (SSSR count). The van der Waals surface area contributed by atoms with Crippen molar-refractivity contribution in [3.63, 3.8) is 0 Å². The van der Waals surface area contributed by atoms with Crippen LogP contribution in [0.4, 0.5) is 10.5 Å². The lowest BCUT2D eigenvalue weighted by Gasteiger charge is -2.28. The monoisotopic (exact) mass is 410 g/mol. The van der Waals surface area contributed by atoms with Gasteiger partial charge in [0.25, 0.3) is 0 Å². The third-order valence-corrected chi connectivity index (χ3v) is 5.06. The zero-order chi connectivity index (χ0) is 22.3. The highest BCUT2D eigenvalue weighted by molar-refractivity contribution is 5.92. The maximum atomic E-state index is 13.1. The normalized spacial score (nSPS) is 10.7. The van der Waals surface area contributed by atoms with Crippen LogP contribution in [0.15, 0.2) is 49.2 Å². The van der Waals surface area contributed by atoms with E-state index in [0.717, 1.165) is 16.8 Å². The quantitative estimate of drug-likeness (QED) is 0.625. The number of benzene rings is 1. The number of rotatable bonds is 9. The molecule has 1 N–H and O–H groups in total. The second-order valence-electron chi connectivity index (χ2n) is 8.18. The Morgan fingerprint density at radius 3 is 2.47 bits per heavy atom. The molecule has 30 heavy (non-hydrogen) atoms. The number of carbonyl (C=O) groups excluding carboxylic acids is 2. The van der Waals surface area contributed by atoms with Gasteiger partial charge in [-0.15, -0.1) is 6.58 Å². The molecule has 1 aromatic carbocycles. The minimum Gasteiger partial charge on any atom is -0.353 e. The Bertz CT molecular complexity index is 885. The summed E-state index contributed by atoms with van der Waals surface area (Å²) < 4.78 is 2.01. The van der Waals surface area contributed by atoms with E-state index in [1.165, 1.54) is 4.90 Å². The van der Waals surface area contributed by atoms with Crippen LogP contribution in [0.2, 0.25) is 0 Å². The fraction of sp³-hybridized carbons (Fsp3) is 0.417. The van der Waals surface area contributed by atoms with Gasteiger partial charge in [-0.3, -0.25) is 4.79 Å². The first-order valence-corrected chi connectivity index (χ1v) is 10.3. The van der Waals surface area contributed by atoms with E-state index in [4.69, 9.17) is 0 Å². The first-order chi connectivity index (χ1) is 14.2. The Hall–Kier alpha value is -3.02. The molecule has 0 aliphatic rings. The van der Waals surface area contributed by atoms with Crippen molar-refractivity contribution in [1.29, 1.82) is 0 Å². The van der Waals surface area contributed by atoms with Gasteiger partial charge in [-0.05, 0) is 55.2 Å². The lowest BCUT2D eigenvalue weighted by molar-refractivity contribution is -0.132. The summed E-state index contributed by atoms with van der Waals surface area (Å²) in [6.07, 6.45) is 3.60. The molecule has 0 aliphatic heterocycles. The molecular formula is C24H34N4O2. The number of aromatic nitrogens is 1. The van der Waals surface area contributed by atoms with Gasteiger partial charge < -0.3 is 19.7 Å². The molecule has 1 aromatic heterocycles. The maximum Gasteiger partial charge on any atom is 0.322 e. The summed E-state index contributed by atoms with van der Waals surface area (Å²) in [5, 5.41) is 2.90. The summed E-state index contributed by atoms with van der Waals surface area (Å²) in [6.45, 7) is 13.4. The molecule has 0 saturated heterocycles. The van der Waals surface area contributed by atoms with Gasteiger partial charge >= 0.3 is 6.03 Å². The van der Waals surface area contributed by atoms with Crippen LogP contribution in [0.25, 0.3) is 0 Å². The molecule has 0 bridgehead atoms. The van der Waals surface area contributed by atoms with Crippen molar-refractivity contribution in [2.45, 2.75) is 34.2 Å². The van der Waals surface area contributed by atoms with Crippen molar-refractivity contribution in [2.75, 3.05) is 25.0 Å². The lowest BCUT2D eigenvalue weighted by atomic mass is 10.1. The molecule has 6 heteroatoms. The van der Waals surface area contributed by atoms with Gasteiger partial charge in [-0.2, -0.15) is 0 Å². The number of carbonyl (C=O) groups is 2. The molecule has 0 fully saturated rings. The summed E-state index contributed by atoms with van der Waals surface area (Å²) in [7, 11) is 1.97. The standard InChI is InChI=1S/C24H34N4O2/c1-7-12-27(24(30)25-21-11-10-19(4)20(5)14-21)17-23(29)28(15-18(2)3)16-22-9-8-13-26(22)6/h7-11,13-14,18H,1,12,15-17H2,2-6H3,(H,25,30). The Kier molecular flexibility index (Phi) is 8.27. The van der Waals surface area contributed by atoms with Crippen LogP contribution >= 0.6 is 0 Å². The number of urea groups is 1. The third-order valence-electron chi connectivity index (χ3n) is 5.06. The molecule has 3 amide bonds. The van der Waals surface area contributed by atoms with E-state index in [1.807, 2.05) is 66.9 Å². The minimum atomic E-state index is -0.310. The molecule has 0 atom stereocenters. The van der Waals surface area contributed by atoms with Crippen molar-refractivity contribution >= 4 is 17.6 Å². The highest BCUT2D eigenvalue weighted by atomic mass is 16.2. The average molecular weight is 411 g/mol. The predicted molar refractivity (Wildman–Crippen MR) is 122 cm³/mol. The van der Waals surface area contributed by atoms with E-state index in [-0.39, 0.29) is 18.5 Å². The minimum absolute atomic E-state index is 0.000159. The number of hydrogen-bond acceptors (Lipinski definition) is 2. The number of hydrogen-bond donors (Lipinski definition) is 1. The number of amides is 3. The Labute approximate surface area is 180 Å². The van der Waals surface area contributed by atoms with Crippen molar-refractivity contribution in [2.24, 2.45) is 13.0 Å². The van der Waals surface area contributed by atoms with E-state index in [2.05, 4.69) is 25.7 Å². The SMILES string of the molecule is C=CCN(CC(=O)N(Cc1cccn1C)CC(C)C)C(=O)Nc1ccc(C)c(C)c1. The second-order valence-corrected chi connectivity index (χ2v) is 8.18. The zero-order valence-electron chi connectivity index (χ0n) is 18.8. The molecule has 0 radical (unpaired) electrons. The summed E-state index contributed by atoms with van der Waals surface area (Å²) in [4.78, 5) is 29.3. The largest absolute Gasteiger partial charge is 0.353 e. The first-order valence-electron chi connectivity index (χ1n) is 10.3. The number of nitrogens with one attached hydrogen (secondary N) is 1. The van der Waals surface area contributed by atoms with Crippen molar-refractivity contribution < 1.29 is 9.59 Å². The van der Waals surface area contributed by atoms with Crippen LogP contribution in [0.1, 0.15) is 30.7 Å². The van der Waals surface area contributed by atoms with Crippen LogP contribution in [0, 0.1) is 19.8 Å². The predicted octanol–water partition coefficient (Wildman–Crippen LogP) is 4.35. The molecule has 6 nitrogen and oxygen atoms in total. The molecule has 0 spiro atoms. The Morgan fingerprint density at radius 2 is 1.90 bits per heavy atom. The molecule has 0 aliphatic carbocycles. The number of anilines is 1. The molecule has 2 aromatic rings. The topological polar surface area (TPSA) is 57.6 Å². The molecule has 1 heterocycles. The number of nitrogens with zero attached hydrogens (tertiary/aromatic N) is 3. The van der Waals surface area contributed by atoms with Crippen molar-refractivity contribution in [3.05, 3.63) is 66.0 Å². The van der Waals surface area contributed by atoms with Gasteiger partial charge in [0.05, 0.1) is 6.54 Å². The average Bonchev–Trinajstić information content (AvgIpc) is 3.08. The summed E-state index contributed by atoms with van der Waals surface area (Å²) in [5.74, 6) is 0.244. The van der Waals surface area contributed by atoms with Gasteiger partial charge in [0.15, 0.2) is 0 Å². The van der Waals surface area contributed by atoms with Crippen LogP contribution in [-0.2, 0) is 18.4 Å². The van der Waals surface area contributed by atoms with E-state index in [1.54, 1.807) is 6.08 Å². The smallest absolute Gasteiger partial charge is 0.322 e. The Balaban J connectivity index is 2.11. The second kappa shape index (κ2) is 10.7. The first kappa shape index (κ1) is 23.3. The van der Waals surface area contributed by atoms with Crippen molar-refractivity contribution in [3.8, 4) is 0 Å². The summed E-state index contributed by atoms with van der Waals surface area (Å²) in [5.41, 5.74) is 4.03. The van der Waals surface area contributed by atoms with Crippen LogP contribution in [0.5, 0.6) is 0 Å². The molecule has 0 saturated carbocycles. The Morgan fingerprint density at radius 1 is 1.17 bits per heavy atom. The molecule has 162 valence electrons. The third kappa shape index (κ3) is 6.51. The van der Waals surface area contributed by atoms with Crippen LogP contribution < -0.4 is 5.32 Å². The van der Waals surface area contributed by atoms with E-state index in [9.17, 15) is 9.59 Å². The maximum absolute atomic E-state index is 13.1. The lowest BCUT2D eigenvalue weighted by Crippen LogP contribution is -2.45. The van der Waals surface area contributed by atoms with Gasteiger partial charge in [-0.25, -0.2) is 4.79 Å². The van der Waals surface area contributed by atoms with Crippen LogP contribution in [-0.4, -0.2) is 45.9 Å². The molecular weight excluding hydrogens is 376 g/mol. The number of aryl methyl sites for hydroxylation is 3. The summed E-state index contributed by atoms with van der Waals surface area (Å²) in [6, 6.07) is 9.44. The van der Waals surface area contributed by atoms with Gasteiger partial charge in [0.2, 0.25) is 5.91 Å². The fourth-order valence-electron chi connectivity index (χ4n) is 3.21. The van der Waals surface area contributed by atoms with E-state index < -0.39 is 0 Å². The highest BCUT2D eigenvalue weighted by Crippen LogP contribution is 2.15. The van der Waals surface area contributed by atoms with E-state index in [0.29, 0.717) is 31.2 Å². The zero-order valence-corrected chi connectivity index (χ0v) is 18.8. The van der Waals surface area contributed by atoms with Gasteiger partial charge in [-0.1, -0.05) is 26.0 Å². The van der Waals surface area contributed by atoms with Crippen molar-refractivity contribution in [1.82, 2.24) is 14.4 Å². The van der Waals surface area contributed by atoms with Gasteiger partial charge in [0, 0.05) is 37.7 Å². The summed E-state index contributed by atoms with van der Waals surface area (Å²) >= 11 is 0. The van der Waals surface area contributed by atoms with E-state index >= 15 is 0 Å².